The highest BCUT2D eigenvalue weighted by Crippen LogP contribution is 2.18. The Morgan fingerprint density at radius 2 is 2.21 bits per heavy atom. The summed E-state index contributed by atoms with van der Waals surface area (Å²) >= 11 is 1.14. The van der Waals surface area contributed by atoms with Gasteiger partial charge in [-0.2, -0.15) is 4.37 Å². The monoisotopic (exact) mass is 307 g/mol. The molecule has 1 heterocycles. The topological polar surface area (TPSA) is 71.5 Å². The van der Waals surface area contributed by atoms with Gasteiger partial charge in [0.1, 0.15) is 5.75 Å². The SMILES string of the molecule is CC[C@H](CN(C)C)NS(=O)(=O)Cc1cc(OC)ns1. The van der Waals surface area contributed by atoms with Crippen LogP contribution in [0.3, 0.4) is 0 Å². The Balaban J connectivity index is 2.64. The molecule has 0 radical (unpaired) electrons. The molecule has 0 aliphatic heterocycles. The lowest BCUT2D eigenvalue weighted by Crippen LogP contribution is -2.41. The Bertz CT molecular complexity index is 485. The molecule has 0 unspecified atom stereocenters. The van der Waals surface area contributed by atoms with Crippen molar-refractivity contribution in [3.05, 3.63) is 10.9 Å². The molecule has 0 aliphatic carbocycles. The van der Waals surface area contributed by atoms with E-state index in [1.54, 1.807) is 6.07 Å². The van der Waals surface area contributed by atoms with Crippen LogP contribution >= 0.6 is 11.5 Å². The van der Waals surface area contributed by atoms with Gasteiger partial charge in [-0.05, 0) is 32.0 Å². The van der Waals surface area contributed by atoms with Crippen LogP contribution in [-0.4, -0.2) is 51.5 Å². The number of methoxy groups -OCH3 is 1. The smallest absolute Gasteiger partial charge is 0.225 e. The van der Waals surface area contributed by atoms with E-state index < -0.39 is 10.0 Å². The molecule has 0 aliphatic rings. The van der Waals surface area contributed by atoms with Crippen molar-refractivity contribution in [2.45, 2.75) is 25.1 Å². The first-order valence-corrected chi connectivity index (χ1v) is 8.43. The molecule has 1 N–H and O–H groups in total. The van der Waals surface area contributed by atoms with Gasteiger partial charge >= 0.3 is 0 Å². The summed E-state index contributed by atoms with van der Waals surface area (Å²) in [5.41, 5.74) is 0. The van der Waals surface area contributed by atoms with Gasteiger partial charge in [-0.3, -0.25) is 0 Å². The van der Waals surface area contributed by atoms with Crippen LogP contribution in [-0.2, 0) is 15.8 Å². The number of aromatic nitrogens is 1. The minimum atomic E-state index is -3.35. The summed E-state index contributed by atoms with van der Waals surface area (Å²) in [6.45, 7) is 2.65. The summed E-state index contributed by atoms with van der Waals surface area (Å²) < 4.78 is 35.8. The molecule has 0 saturated carbocycles. The van der Waals surface area contributed by atoms with Crippen LogP contribution in [0, 0.1) is 0 Å². The fourth-order valence-corrected chi connectivity index (χ4v) is 4.09. The maximum atomic E-state index is 12.1. The molecule has 0 bridgehead atoms. The average molecular weight is 307 g/mol. The molecule has 0 saturated heterocycles. The molecule has 0 aromatic carbocycles. The predicted octanol–water partition coefficient (Wildman–Crippen LogP) is 0.911. The van der Waals surface area contributed by atoms with Crippen LogP contribution < -0.4 is 9.46 Å². The zero-order valence-corrected chi connectivity index (χ0v) is 13.3. The zero-order valence-electron chi connectivity index (χ0n) is 11.7. The molecular weight excluding hydrogens is 286 g/mol. The number of rotatable bonds is 8. The third kappa shape index (κ3) is 5.85. The summed E-state index contributed by atoms with van der Waals surface area (Å²) in [5.74, 6) is 0.397. The Morgan fingerprint density at radius 3 is 2.68 bits per heavy atom. The molecule has 0 fully saturated rings. The molecule has 1 aromatic heterocycles. The highest BCUT2D eigenvalue weighted by molar-refractivity contribution is 7.88. The second-order valence-electron chi connectivity index (χ2n) is 4.58. The van der Waals surface area contributed by atoms with Gasteiger partial charge in [-0.1, -0.05) is 6.92 Å². The molecule has 1 atom stereocenters. The third-order valence-corrected chi connectivity index (χ3v) is 4.84. The van der Waals surface area contributed by atoms with Gasteiger partial charge in [0.25, 0.3) is 0 Å². The summed E-state index contributed by atoms with van der Waals surface area (Å²) in [6.07, 6.45) is 0.753. The van der Waals surface area contributed by atoms with E-state index in [9.17, 15) is 8.42 Å². The highest BCUT2D eigenvalue weighted by atomic mass is 32.2. The summed E-state index contributed by atoms with van der Waals surface area (Å²) in [5, 5.41) is 0. The van der Waals surface area contributed by atoms with Crippen LogP contribution in [0.4, 0.5) is 0 Å². The standard InChI is InChI=1S/C11H21N3O3S2/c1-5-9(7-14(2)3)13-19(15,16)8-10-6-11(17-4)12-18-10/h6,9,13H,5,7-8H2,1-4H3/t9-/m1/s1. The lowest BCUT2D eigenvalue weighted by atomic mass is 10.2. The van der Waals surface area contributed by atoms with Crippen molar-refractivity contribution < 1.29 is 13.2 Å². The first kappa shape index (κ1) is 16.4. The van der Waals surface area contributed by atoms with Crippen molar-refractivity contribution in [1.29, 1.82) is 0 Å². The zero-order chi connectivity index (χ0) is 14.5. The second-order valence-corrected chi connectivity index (χ2v) is 7.22. The number of hydrogen-bond donors (Lipinski definition) is 1. The Labute approximate surface area is 119 Å². The van der Waals surface area contributed by atoms with E-state index in [2.05, 4.69) is 9.10 Å². The number of ether oxygens (including phenoxy) is 1. The molecule has 19 heavy (non-hydrogen) atoms. The van der Waals surface area contributed by atoms with Crippen molar-refractivity contribution in [2.75, 3.05) is 27.7 Å². The van der Waals surface area contributed by atoms with Crippen LogP contribution in [0.25, 0.3) is 0 Å². The molecule has 0 spiro atoms. The number of nitrogens with one attached hydrogen (secondary N) is 1. The highest BCUT2D eigenvalue weighted by Gasteiger charge is 2.19. The van der Waals surface area contributed by atoms with E-state index in [4.69, 9.17) is 4.74 Å². The van der Waals surface area contributed by atoms with Crippen molar-refractivity contribution in [1.82, 2.24) is 14.0 Å². The Morgan fingerprint density at radius 1 is 1.53 bits per heavy atom. The van der Waals surface area contributed by atoms with E-state index in [1.807, 2.05) is 25.9 Å². The molecule has 110 valence electrons. The van der Waals surface area contributed by atoms with E-state index in [1.165, 1.54) is 7.11 Å². The van der Waals surface area contributed by atoms with E-state index in [0.29, 0.717) is 17.3 Å². The largest absolute Gasteiger partial charge is 0.480 e. The van der Waals surface area contributed by atoms with Crippen LogP contribution in [0.1, 0.15) is 18.2 Å². The summed E-state index contributed by atoms with van der Waals surface area (Å²) in [4.78, 5) is 2.64. The van der Waals surface area contributed by atoms with Crippen LogP contribution in [0.5, 0.6) is 5.88 Å². The molecule has 6 nitrogen and oxygen atoms in total. The van der Waals surface area contributed by atoms with Crippen molar-refractivity contribution in [3.63, 3.8) is 0 Å². The van der Waals surface area contributed by atoms with Gasteiger partial charge in [0.15, 0.2) is 0 Å². The van der Waals surface area contributed by atoms with Gasteiger partial charge < -0.3 is 9.64 Å². The van der Waals surface area contributed by atoms with Gasteiger partial charge in [-0.15, -0.1) is 0 Å². The van der Waals surface area contributed by atoms with Crippen molar-refractivity contribution >= 4 is 21.6 Å². The van der Waals surface area contributed by atoms with Crippen LogP contribution in [0.2, 0.25) is 0 Å². The lowest BCUT2D eigenvalue weighted by Gasteiger charge is -2.20. The van der Waals surface area contributed by atoms with E-state index >= 15 is 0 Å². The average Bonchev–Trinajstić information content (AvgIpc) is 2.73. The van der Waals surface area contributed by atoms with E-state index in [0.717, 1.165) is 18.0 Å². The summed E-state index contributed by atoms with van der Waals surface area (Å²) in [7, 11) is 2.00. The van der Waals surface area contributed by atoms with Crippen molar-refractivity contribution in [2.24, 2.45) is 0 Å². The van der Waals surface area contributed by atoms with Gasteiger partial charge in [0.2, 0.25) is 15.9 Å². The predicted molar refractivity (Wildman–Crippen MR) is 77.1 cm³/mol. The minimum absolute atomic E-state index is 0.0576. The van der Waals surface area contributed by atoms with E-state index in [-0.39, 0.29) is 11.8 Å². The molecular formula is C11H21N3O3S2. The maximum Gasteiger partial charge on any atom is 0.225 e. The number of hydrogen-bond acceptors (Lipinski definition) is 6. The third-order valence-electron chi connectivity index (χ3n) is 2.50. The summed E-state index contributed by atoms with van der Waals surface area (Å²) in [6, 6.07) is 1.58. The van der Waals surface area contributed by atoms with Gasteiger partial charge in [0.05, 0.1) is 7.11 Å². The number of sulfonamides is 1. The minimum Gasteiger partial charge on any atom is -0.480 e. The quantitative estimate of drug-likeness (QED) is 0.773. The molecule has 8 heteroatoms. The number of likely N-dealkylation sites (N-methyl/N-ethyl adjacent to an activating group) is 1. The Kier molecular flexibility index (Phi) is 6.18. The van der Waals surface area contributed by atoms with Crippen LogP contribution in [0.15, 0.2) is 6.07 Å². The normalized spacial score (nSPS) is 13.7. The Hall–Kier alpha value is -0.700. The lowest BCUT2D eigenvalue weighted by molar-refractivity contribution is 0.354. The number of nitrogens with zero attached hydrogens (tertiary/aromatic N) is 2. The van der Waals surface area contributed by atoms with Gasteiger partial charge in [0, 0.05) is 23.5 Å². The molecule has 1 aromatic rings. The maximum absolute atomic E-state index is 12.1. The molecule has 0 amide bonds. The second kappa shape index (κ2) is 7.18. The first-order valence-electron chi connectivity index (χ1n) is 6.00. The van der Waals surface area contributed by atoms with Crippen molar-refractivity contribution in [3.8, 4) is 5.88 Å². The fourth-order valence-electron chi connectivity index (χ4n) is 1.63. The molecule has 1 rings (SSSR count). The van der Waals surface area contributed by atoms with Gasteiger partial charge in [-0.25, -0.2) is 13.1 Å². The first-order chi connectivity index (χ1) is 8.86. The fraction of sp³-hybridized carbons (Fsp3) is 0.727.